The summed E-state index contributed by atoms with van der Waals surface area (Å²) in [7, 11) is 1.93. The summed E-state index contributed by atoms with van der Waals surface area (Å²) in [6.45, 7) is 4.23. The normalized spacial score (nSPS) is 17.1. The zero-order valence-corrected chi connectivity index (χ0v) is 13.3. The van der Waals surface area contributed by atoms with E-state index in [2.05, 4.69) is 35.9 Å². The van der Waals surface area contributed by atoms with E-state index < -0.39 is 0 Å². The number of carbonyl (C=O) groups is 1. The van der Waals surface area contributed by atoms with E-state index in [1.807, 2.05) is 25.2 Å². The fourth-order valence-electron chi connectivity index (χ4n) is 2.49. The van der Waals surface area contributed by atoms with Gasteiger partial charge in [-0.1, -0.05) is 31.9 Å². The number of nitrogens with one attached hydrogen (secondary N) is 3. The van der Waals surface area contributed by atoms with E-state index in [1.165, 1.54) is 18.4 Å². The molecule has 2 amide bonds. The average Bonchev–Trinajstić information content (AvgIpc) is 3.29. The molecule has 0 radical (unpaired) electrons. The summed E-state index contributed by atoms with van der Waals surface area (Å²) in [5.74, 6) is 0.829. The zero-order chi connectivity index (χ0) is 15.2. The molecule has 4 nitrogen and oxygen atoms in total. The van der Waals surface area contributed by atoms with Crippen molar-refractivity contribution in [1.82, 2.24) is 10.6 Å². The second kappa shape index (κ2) is 7.46. The fourth-order valence-corrected chi connectivity index (χ4v) is 2.49. The van der Waals surface area contributed by atoms with Crippen molar-refractivity contribution < 1.29 is 4.79 Å². The first kappa shape index (κ1) is 15.8. The molecular formula is C17H27N3O. The Kier molecular flexibility index (Phi) is 5.62. The molecule has 1 aromatic rings. The summed E-state index contributed by atoms with van der Waals surface area (Å²) in [6.07, 6.45) is 4.75. The van der Waals surface area contributed by atoms with Crippen LogP contribution in [0.25, 0.3) is 0 Å². The molecule has 2 unspecified atom stereocenters. The van der Waals surface area contributed by atoms with Crippen LogP contribution in [0.4, 0.5) is 10.5 Å². The van der Waals surface area contributed by atoms with Gasteiger partial charge in [0.05, 0.1) is 0 Å². The zero-order valence-electron chi connectivity index (χ0n) is 13.3. The van der Waals surface area contributed by atoms with Crippen LogP contribution in [0.1, 0.15) is 51.1 Å². The largest absolute Gasteiger partial charge is 0.335 e. The highest BCUT2D eigenvalue weighted by atomic mass is 16.2. The fraction of sp³-hybridized carbons (Fsp3) is 0.588. The summed E-state index contributed by atoms with van der Waals surface area (Å²) >= 11 is 0. The van der Waals surface area contributed by atoms with Gasteiger partial charge >= 0.3 is 6.03 Å². The van der Waals surface area contributed by atoms with Crippen LogP contribution < -0.4 is 16.0 Å². The molecule has 0 heterocycles. The van der Waals surface area contributed by atoms with Crippen molar-refractivity contribution >= 4 is 11.7 Å². The lowest BCUT2D eigenvalue weighted by Crippen LogP contribution is -2.37. The number of anilines is 1. The molecule has 0 aromatic heterocycles. The SMILES string of the molecule is CCC(CC1CC1)NC(=O)Nc1cccc(C(C)NC)c1. The van der Waals surface area contributed by atoms with Crippen LogP contribution >= 0.6 is 0 Å². The maximum Gasteiger partial charge on any atom is 0.319 e. The van der Waals surface area contributed by atoms with Crippen LogP contribution in [0.15, 0.2) is 24.3 Å². The minimum absolute atomic E-state index is 0.100. The molecule has 1 aromatic carbocycles. The molecule has 2 rings (SSSR count). The van der Waals surface area contributed by atoms with E-state index in [-0.39, 0.29) is 18.1 Å². The number of amides is 2. The van der Waals surface area contributed by atoms with Gasteiger partial charge in [0, 0.05) is 17.8 Å². The Morgan fingerprint density at radius 3 is 2.76 bits per heavy atom. The summed E-state index contributed by atoms with van der Waals surface area (Å²) in [4.78, 5) is 12.1. The van der Waals surface area contributed by atoms with Crippen molar-refractivity contribution in [3.8, 4) is 0 Å². The van der Waals surface area contributed by atoms with Gasteiger partial charge in [0.1, 0.15) is 0 Å². The molecule has 0 saturated heterocycles. The number of hydrogen-bond acceptors (Lipinski definition) is 2. The molecule has 4 heteroatoms. The van der Waals surface area contributed by atoms with Crippen LogP contribution in [0.3, 0.4) is 0 Å². The minimum atomic E-state index is -0.100. The second-order valence-corrected chi connectivity index (χ2v) is 6.02. The van der Waals surface area contributed by atoms with Crippen molar-refractivity contribution in [1.29, 1.82) is 0 Å². The topological polar surface area (TPSA) is 53.2 Å². The Hall–Kier alpha value is -1.55. The van der Waals surface area contributed by atoms with Gasteiger partial charge in [-0.15, -0.1) is 0 Å². The van der Waals surface area contributed by atoms with Gasteiger partial charge in [-0.05, 0) is 50.4 Å². The van der Waals surface area contributed by atoms with Crippen molar-refractivity contribution in [2.45, 2.75) is 51.6 Å². The maximum absolute atomic E-state index is 12.1. The number of carbonyl (C=O) groups excluding carboxylic acids is 1. The van der Waals surface area contributed by atoms with Gasteiger partial charge in [-0.3, -0.25) is 0 Å². The Bertz CT molecular complexity index is 471. The van der Waals surface area contributed by atoms with E-state index in [0.717, 1.165) is 24.4 Å². The lowest BCUT2D eigenvalue weighted by molar-refractivity contribution is 0.246. The summed E-state index contributed by atoms with van der Waals surface area (Å²) < 4.78 is 0. The first-order valence-corrected chi connectivity index (χ1v) is 7.97. The highest BCUT2D eigenvalue weighted by Gasteiger charge is 2.25. The monoisotopic (exact) mass is 289 g/mol. The molecule has 0 spiro atoms. The third-order valence-electron chi connectivity index (χ3n) is 4.22. The molecule has 0 bridgehead atoms. The average molecular weight is 289 g/mol. The van der Waals surface area contributed by atoms with Crippen molar-refractivity contribution in [3.63, 3.8) is 0 Å². The molecule has 1 saturated carbocycles. The molecule has 1 aliphatic rings. The highest BCUT2D eigenvalue weighted by molar-refractivity contribution is 5.89. The van der Waals surface area contributed by atoms with Crippen LogP contribution in [-0.4, -0.2) is 19.1 Å². The molecule has 21 heavy (non-hydrogen) atoms. The Morgan fingerprint density at radius 2 is 2.14 bits per heavy atom. The second-order valence-electron chi connectivity index (χ2n) is 6.02. The lowest BCUT2D eigenvalue weighted by atomic mass is 10.1. The molecule has 116 valence electrons. The smallest absolute Gasteiger partial charge is 0.319 e. The Balaban J connectivity index is 1.89. The quantitative estimate of drug-likeness (QED) is 0.717. The van der Waals surface area contributed by atoms with E-state index in [1.54, 1.807) is 0 Å². The van der Waals surface area contributed by atoms with Gasteiger partial charge in [0.15, 0.2) is 0 Å². The van der Waals surface area contributed by atoms with Gasteiger partial charge in [-0.2, -0.15) is 0 Å². The van der Waals surface area contributed by atoms with Crippen LogP contribution in [-0.2, 0) is 0 Å². The van der Waals surface area contributed by atoms with Crippen molar-refractivity contribution in [2.75, 3.05) is 12.4 Å². The number of urea groups is 1. The predicted octanol–water partition coefficient (Wildman–Crippen LogP) is 3.67. The Morgan fingerprint density at radius 1 is 1.38 bits per heavy atom. The number of hydrogen-bond donors (Lipinski definition) is 3. The first-order valence-electron chi connectivity index (χ1n) is 7.97. The van der Waals surface area contributed by atoms with E-state index in [4.69, 9.17) is 0 Å². The predicted molar refractivity (Wildman–Crippen MR) is 87.5 cm³/mol. The van der Waals surface area contributed by atoms with Gasteiger partial charge in [-0.25, -0.2) is 4.79 Å². The highest BCUT2D eigenvalue weighted by Crippen LogP contribution is 2.34. The number of rotatable bonds is 7. The van der Waals surface area contributed by atoms with Gasteiger partial charge in [0.2, 0.25) is 0 Å². The molecule has 2 atom stereocenters. The van der Waals surface area contributed by atoms with Crippen LogP contribution in [0.5, 0.6) is 0 Å². The molecule has 1 aliphatic carbocycles. The third kappa shape index (κ3) is 5.05. The minimum Gasteiger partial charge on any atom is -0.335 e. The van der Waals surface area contributed by atoms with E-state index in [0.29, 0.717) is 0 Å². The standard InChI is InChI=1S/C17H27N3O/c1-4-15(10-13-8-9-13)19-17(21)20-16-7-5-6-14(11-16)12(2)18-3/h5-7,11-13,15,18H,4,8-10H2,1-3H3,(H2,19,20,21). The summed E-state index contributed by atoms with van der Waals surface area (Å²) in [5.41, 5.74) is 2.01. The van der Waals surface area contributed by atoms with E-state index >= 15 is 0 Å². The van der Waals surface area contributed by atoms with E-state index in [9.17, 15) is 4.79 Å². The molecule has 1 fully saturated rings. The lowest BCUT2D eigenvalue weighted by Gasteiger charge is -2.18. The van der Waals surface area contributed by atoms with Crippen molar-refractivity contribution in [2.24, 2.45) is 5.92 Å². The van der Waals surface area contributed by atoms with Gasteiger partial charge in [0.25, 0.3) is 0 Å². The first-order chi connectivity index (χ1) is 10.1. The molecule has 0 aliphatic heterocycles. The van der Waals surface area contributed by atoms with Crippen molar-refractivity contribution in [3.05, 3.63) is 29.8 Å². The molecule has 3 N–H and O–H groups in total. The number of benzene rings is 1. The van der Waals surface area contributed by atoms with Crippen LogP contribution in [0.2, 0.25) is 0 Å². The maximum atomic E-state index is 12.1. The third-order valence-corrected chi connectivity index (χ3v) is 4.22. The van der Waals surface area contributed by atoms with Gasteiger partial charge < -0.3 is 16.0 Å². The van der Waals surface area contributed by atoms with Crippen LogP contribution in [0, 0.1) is 5.92 Å². The summed E-state index contributed by atoms with van der Waals surface area (Å²) in [5, 5.41) is 9.23. The Labute approximate surface area is 127 Å². The summed E-state index contributed by atoms with van der Waals surface area (Å²) in [6, 6.07) is 8.43. The molecular weight excluding hydrogens is 262 g/mol.